The smallest absolute Gasteiger partial charge is 0.253 e. The van der Waals surface area contributed by atoms with Crippen LogP contribution < -0.4 is 0 Å². The minimum atomic E-state index is -0.0291. The van der Waals surface area contributed by atoms with Gasteiger partial charge in [0.1, 0.15) is 6.10 Å². The van der Waals surface area contributed by atoms with Crippen molar-refractivity contribution in [3.63, 3.8) is 0 Å². The van der Waals surface area contributed by atoms with Crippen LogP contribution in [0, 0.1) is 11.3 Å². The van der Waals surface area contributed by atoms with Gasteiger partial charge in [0.2, 0.25) is 0 Å². The van der Waals surface area contributed by atoms with Crippen LogP contribution >= 0.6 is 0 Å². The highest BCUT2D eigenvalue weighted by Crippen LogP contribution is 2.42. The lowest BCUT2D eigenvalue weighted by molar-refractivity contribution is 0.0586. The molecule has 1 aliphatic heterocycles. The van der Waals surface area contributed by atoms with E-state index in [1.807, 2.05) is 42.3 Å². The van der Waals surface area contributed by atoms with Gasteiger partial charge in [-0.1, -0.05) is 44.1 Å². The molecule has 1 heterocycles. The lowest BCUT2D eigenvalue weighted by Gasteiger charge is -2.32. The molecule has 3 atom stereocenters. The highest BCUT2D eigenvalue weighted by Gasteiger charge is 2.50. The van der Waals surface area contributed by atoms with Crippen molar-refractivity contribution in [3.8, 4) is 0 Å². The van der Waals surface area contributed by atoms with Crippen LogP contribution in [0.5, 0.6) is 0 Å². The molecule has 4 heteroatoms. The van der Waals surface area contributed by atoms with Crippen molar-refractivity contribution in [2.75, 3.05) is 7.05 Å². The van der Waals surface area contributed by atoms with Crippen molar-refractivity contribution in [1.29, 1.82) is 0 Å². The lowest BCUT2D eigenvalue weighted by Crippen LogP contribution is -2.45. The van der Waals surface area contributed by atoms with Gasteiger partial charge in [0, 0.05) is 24.1 Å². The molecule has 0 bridgehead atoms. The summed E-state index contributed by atoms with van der Waals surface area (Å²) in [5.41, 5.74) is 1.80. The molecule has 22 heavy (non-hydrogen) atoms. The number of hydrogen-bond acceptors (Lipinski definition) is 3. The molecule has 3 rings (SSSR count). The van der Waals surface area contributed by atoms with E-state index >= 15 is 0 Å². The Labute approximate surface area is 132 Å². The second-order valence-corrected chi connectivity index (χ2v) is 7.32. The van der Waals surface area contributed by atoms with Gasteiger partial charge in [0.15, 0.2) is 0 Å². The third-order valence-electron chi connectivity index (χ3n) is 4.77. The van der Waals surface area contributed by atoms with Crippen molar-refractivity contribution in [1.82, 2.24) is 4.90 Å². The Morgan fingerprint density at radius 2 is 1.91 bits per heavy atom. The molecular weight excluding hydrogens is 276 g/mol. The molecule has 0 saturated heterocycles. The van der Waals surface area contributed by atoms with Crippen LogP contribution in [-0.2, 0) is 4.84 Å². The molecule has 1 aromatic rings. The molecule has 0 unspecified atom stereocenters. The standard InChI is InChI=1S/C18H24N2O2/c1-18(2,3)16-15-13(10-11-14(15)22-19-16)20(4)17(21)12-8-6-5-7-9-12/h5-9,13-15H,10-11H2,1-4H3/t13-,14-,15+/m0/s1. The predicted molar refractivity (Wildman–Crippen MR) is 86.8 cm³/mol. The number of carbonyl (C=O) groups is 1. The Morgan fingerprint density at radius 3 is 2.55 bits per heavy atom. The molecule has 2 aliphatic rings. The Bertz CT molecular complexity index is 589. The topological polar surface area (TPSA) is 41.9 Å². The van der Waals surface area contributed by atoms with Crippen molar-refractivity contribution < 1.29 is 9.63 Å². The Hall–Kier alpha value is -1.84. The lowest BCUT2D eigenvalue weighted by atomic mass is 9.79. The maximum atomic E-state index is 12.7. The summed E-state index contributed by atoms with van der Waals surface area (Å²) in [5.74, 6) is 0.295. The molecule has 1 fully saturated rings. The molecule has 1 saturated carbocycles. The number of carbonyl (C=O) groups excluding carboxylic acids is 1. The maximum Gasteiger partial charge on any atom is 0.253 e. The summed E-state index contributed by atoms with van der Waals surface area (Å²) < 4.78 is 0. The summed E-state index contributed by atoms with van der Waals surface area (Å²) in [7, 11) is 1.90. The molecule has 0 radical (unpaired) electrons. The molecule has 118 valence electrons. The average Bonchev–Trinajstić information content (AvgIpc) is 3.07. The zero-order valence-electron chi connectivity index (χ0n) is 13.7. The van der Waals surface area contributed by atoms with Gasteiger partial charge in [-0.2, -0.15) is 0 Å². The first-order valence-electron chi connectivity index (χ1n) is 7.96. The van der Waals surface area contributed by atoms with E-state index < -0.39 is 0 Å². The van der Waals surface area contributed by atoms with Gasteiger partial charge in [0.25, 0.3) is 5.91 Å². The van der Waals surface area contributed by atoms with Crippen LogP contribution in [0.25, 0.3) is 0 Å². The fraction of sp³-hybridized carbons (Fsp3) is 0.556. The minimum Gasteiger partial charge on any atom is -0.392 e. The molecular formula is C18H24N2O2. The molecule has 1 amide bonds. The number of rotatable bonds is 2. The summed E-state index contributed by atoms with van der Waals surface area (Å²) >= 11 is 0. The second kappa shape index (κ2) is 5.41. The van der Waals surface area contributed by atoms with E-state index in [9.17, 15) is 4.79 Å². The van der Waals surface area contributed by atoms with E-state index in [2.05, 4.69) is 25.9 Å². The highest BCUT2D eigenvalue weighted by molar-refractivity contribution is 5.96. The molecule has 4 nitrogen and oxygen atoms in total. The molecule has 0 aromatic heterocycles. The van der Waals surface area contributed by atoms with Gasteiger partial charge >= 0.3 is 0 Å². The molecule has 0 N–H and O–H groups in total. The largest absolute Gasteiger partial charge is 0.392 e. The van der Waals surface area contributed by atoms with E-state index in [4.69, 9.17) is 4.84 Å². The van der Waals surface area contributed by atoms with Crippen LogP contribution in [0.4, 0.5) is 0 Å². The minimum absolute atomic E-state index is 0.0291. The first kappa shape index (κ1) is 15.1. The average molecular weight is 300 g/mol. The maximum absolute atomic E-state index is 12.7. The van der Waals surface area contributed by atoms with Gasteiger partial charge in [-0.3, -0.25) is 4.79 Å². The Balaban J connectivity index is 1.83. The number of hydrogen-bond donors (Lipinski definition) is 0. The van der Waals surface area contributed by atoms with Crippen LogP contribution in [0.3, 0.4) is 0 Å². The van der Waals surface area contributed by atoms with E-state index in [0.717, 1.165) is 24.1 Å². The quantitative estimate of drug-likeness (QED) is 0.840. The zero-order valence-corrected chi connectivity index (χ0v) is 13.7. The van der Waals surface area contributed by atoms with Crippen LogP contribution in [0.1, 0.15) is 44.0 Å². The van der Waals surface area contributed by atoms with E-state index in [1.54, 1.807) is 0 Å². The van der Waals surface area contributed by atoms with E-state index in [0.29, 0.717) is 0 Å². The van der Waals surface area contributed by atoms with E-state index in [1.165, 1.54) is 0 Å². The predicted octanol–water partition coefficient (Wildman–Crippen LogP) is 3.34. The number of amides is 1. The van der Waals surface area contributed by atoms with Gasteiger partial charge in [0.05, 0.1) is 11.6 Å². The van der Waals surface area contributed by atoms with Crippen LogP contribution in [0.15, 0.2) is 35.5 Å². The monoisotopic (exact) mass is 300 g/mol. The Morgan fingerprint density at radius 1 is 1.23 bits per heavy atom. The summed E-state index contributed by atoms with van der Waals surface area (Å²) in [5, 5.41) is 4.33. The van der Waals surface area contributed by atoms with Gasteiger partial charge in [-0.15, -0.1) is 0 Å². The van der Waals surface area contributed by atoms with Crippen molar-refractivity contribution in [2.45, 2.75) is 45.8 Å². The molecule has 1 aliphatic carbocycles. The van der Waals surface area contributed by atoms with Crippen LogP contribution in [0.2, 0.25) is 0 Å². The first-order chi connectivity index (χ1) is 10.4. The van der Waals surface area contributed by atoms with Crippen molar-refractivity contribution in [3.05, 3.63) is 35.9 Å². The van der Waals surface area contributed by atoms with Gasteiger partial charge < -0.3 is 9.74 Å². The highest BCUT2D eigenvalue weighted by atomic mass is 16.6. The number of benzene rings is 1. The van der Waals surface area contributed by atoms with Crippen LogP contribution in [-0.4, -0.2) is 35.7 Å². The number of fused-ring (bicyclic) bond motifs is 1. The number of oxime groups is 1. The third kappa shape index (κ3) is 2.51. The fourth-order valence-electron chi connectivity index (χ4n) is 3.61. The first-order valence-corrected chi connectivity index (χ1v) is 7.96. The Kier molecular flexibility index (Phi) is 3.71. The normalized spacial score (nSPS) is 27.1. The van der Waals surface area contributed by atoms with E-state index in [-0.39, 0.29) is 29.4 Å². The van der Waals surface area contributed by atoms with Gasteiger partial charge in [-0.05, 0) is 25.0 Å². The fourth-order valence-corrected chi connectivity index (χ4v) is 3.61. The summed E-state index contributed by atoms with van der Waals surface area (Å²) in [4.78, 5) is 20.2. The van der Waals surface area contributed by atoms with Crippen molar-refractivity contribution >= 4 is 11.6 Å². The number of nitrogens with zero attached hydrogens (tertiary/aromatic N) is 2. The summed E-state index contributed by atoms with van der Waals surface area (Å²) in [6, 6.07) is 9.64. The second-order valence-electron chi connectivity index (χ2n) is 7.32. The third-order valence-corrected chi connectivity index (χ3v) is 4.77. The summed E-state index contributed by atoms with van der Waals surface area (Å²) in [6.45, 7) is 6.48. The molecule has 0 spiro atoms. The summed E-state index contributed by atoms with van der Waals surface area (Å²) in [6.07, 6.45) is 2.06. The van der Waals surface area contributed by atoms with Gasteiger partial charge in [-0.25, -0.2) is 0 Å². The molecule has 1 aromatic carbocycles. The zero-order chi connectivity index (χ0) is 15.9. The van der Waals surface area contributed by atoms with Crippen molar-refractivity contribution in [2.24, 2.45) is 16.5 Å². The SMILES string of the molecule is CN(C(=O)c1ccccc1)[C@H]1CC[C@@H]2ON=C(C(C)(C)C)[C@@H]21.